The van der Waals surface area contributed by atoms with Crippen molar-refractivity contribution in [1.82, 2.24) is 14.5 Å². The molecule has 126 valence electrons. The minimum atomic E-state index is 0.535. The van der Waals surface area contributed by atoms with Crippen LogP contribution in [0.25, 0.3) is 10.9 Å². The van der Waals surface area contributed by atoms with Gasteiger partial charge in [-0.05, 0) is 41.5 Å². The summed E-state index contributed by atoms with van der Waals surface area (Å²) in [6.45, 7) is 4.66. The molecule has 1 saturated heterocycles. The molecule has 4 nitrogen and oxygen atoms in total. The second kappa shape index (κ2) is 7.05. The summed E-state index contributed by atoms with van der Waals surface area (Å²) in [5.74, 6) is 0.535. The first-order valence-corrected chi connectivity index (χ1v) is 9.43. The Hall–Kier alpha value is -1.69. The first-order valence-electron chi connectivity index (χ1n) is 8.49. The summed E-state index contributed by atoms with van der Waals surface area (Å²) >= 11 is 1.67. The molecule has 24 heavy (non-hydrogen) atoms. The van der Waals surface area contributed by atoms with Crippen LogP contribution in [-0.2, 0) is 24.8 Å². The van der Waals surface area contributed by atoms with Crippen molar-refractivity contribution < 1.29 is 4.74 Å². The number of ether oxygens (including phenoxy) is 1. The summed E-state index contributed by atoms with van der Waals surface area (Å²) in [5, 5.41) is 3.47. The second-order valence-electron chi connectivity index (χ2n) is 6.68. The summed E-state index contributed by atoms with van der Waals surface area (Å²) < 4.78 is 8.03. The predicted octanol–water partition coefficient (Wildman–Crippen LogP) is 3.33. The van der Waals surface area contributed by atoms with Crippen LogP contribution in [0.4, 0.5) is 0 Å². The molecule has 1 aliphatic heterocycles. The third-order valence-electron chi connectivity index (χ3n) is 4.76. The lowest BCUT2D eigenvalue weighted by Gasteiger charge is -2.22. The summed E-state index contributed by atoms with van der Waals surface area (Å²) in [5.41, 5.74) is 5.78. The van der Waals surface area contributed by atoms with E-state index in [0.29, 0.717) is 5.92 Å². The molecule has 3 heterocycles. The van der Waals surface area contributed by atoms with Gasteiger partial charge >= 0.3 is 0 Å². The van der Waals surface area contributed by atoms with Crippen molar-refractivity contribution in [3.05, 3.63) is 52.6 Å². The Morgan fingerprint density at radius 2 is 2.29 bits per heavy atom. The van der Waals surface area contributed by atoms with Crippen molar-refractivity contribution in [1.29, 1.82) is 0 Å². The fourth-order valence-corrected chi connectivity index (χ4v) is 4.11. The third-order valence-corrected chi connectivity index (χ3v) is 5.40. The topological polar surface area (TPSA) is 30.3 Å². The van der Waals surface area contributed by atoms with E-state index in [1.165, 1.54) is 22.2 Å². The van der Waals surface area contributed by atoms with E-state index in [1.54, 1.807) is 11.3 Å². The van der Waals surface area contributed by atoms with Crippen LogP contribution in [0.15, 0.2) is 41.4 Å². The highest BCUT2D eigenvalue weighted by atomic mass is 32.1. The van der Waals surface area contributed by atoms with E-state index in [4.69, 9.17) is 4.74 Å². The van der Waals surface area contributed by atoms with Gasteiger partial charge in [0, 0.05) is 43.8 Å². The third kappa shape index (κ3) is 3.53. The number of hydrogen-bond donors (Lipinski definition) is 0. The number of fused-ring (bicyclic) bond motifs is 1. The predicted molar refractivity (Wildman–Crippen MR) is 98.3 cm³/mol. The fraction of sp³-hybridized carbons (Fsp3) is 0.421. The highest BCUT2D eigenvalue weighted by Gasteiger charge is 2.20. The number of aromatic nitrogens is 2. The van der Waals surface area contributed by atoms with E-state index in [-0.39, 0.29) is 0 Å². The maximum Gasteiger partial charge on any atom is 0.0795 e. The van der Waals surface area contributed by atoms with Gasteiger partial charge in [0.1, 0.15) is 0 Å². The molecule has 1 aromatic carbocycles. The van der Waals surface area contributed by atoms with Crippen LogP contribution in [0, 0.1) is 5.92 Å². The lowest BCUT2D eigenvalue weighted by atomic mass is 9.98. The minimum absolute atomic E-state index is 0.535. The van der Waals surface area contributed by atoms with E-state index in [2.05, 4.69) is 57.3 Å². The molecule has 3 aromatic rings. The molecular weight excluding hydrogens is 318 g/mol. The van der Waals surface area contributed by atoms with Crippen molar-refractivity contribution in [3.8, 4) is 0 Å². The smallest absolute Gasteiger partial charge is 0.0795 e. The van der Waals surface area contributed by atoms with E-state index in [9.17, 15) is 0 Å². The van der Waals surface area contributed by atoms with Crippen LogP contribution in [0.3, 0.4) is 0 Å². The van der Waals surface area contributed by atoms with E-state index >= 15 is 0 Å². The molecule has 2 aromatic heterocycles. The van der Waals surface area contributed by atoms with Crippen molar-refractivity contribution in [2.24, 2.45) is 13.0 Å². The lowest BCUT2D eigenvalue weighted by Crippen LogP contribution is -2.30. The Morgan fingerprint density at radius 3 is 3.17 bits per heavy atom. The number of nitrogens with zero attached hydrogens (tertiary/aromatic N) is 3. The molecule has 0 saturated carbocycles. The zero-order chi connectivity index (χ0) is 16.4. The number of rotatable bonds is 4. The Bertz CT molecular complexity index is 796. The Labute approximate surface area is 146 Å². The lowest BCUT2D eigenvalue weighted by molar-refractivity contribution is 0.121. The Balaban J connectivity index is 1.45. The molecule has 0 aliphatic carbocycles. The molecule has 5 heteroatoms. The molecule has 0 radical (unpaired) electrons. The van der Waals surface area contributed by atoms with Gasteiger partial charge in [-0.3, -0.25) is 4.90 Å². The van der Waals surface area contributed by atoms with Gasteiger partial charge in [0.05, 0.1) is 24.4 Å². The largest absolute Gasteiger partial charge is 0.380 e. The molecule has 1 unspecified atom stereocenters. The van der Waals surface area contributed by atoms with Crippen LogP contribution in [0.2, 0.25) is 0 Å². The summed E-state index contributed by atoms with van der Waals surface area (Å²) in [6, 6.07) is 9.01. The summed E-state index contributed by atoms with van der Waals surface area (Å²) in [7, 11) is 2.09. The monoisotopic (exact) mass is 341 g/mol. The Morgan fingerprint density at radius 1 is 1.33 bits per heavy atom. The summed E-state index contributed by atoms with van der Waals surface area (Å²) in [4.78, 5) is 6.90. The van der Waals surface area contributed by atoms with Gasteiger partial charge in [0.2, 0.25) is 0 Å². The molecule has 0 N–H and O–H groups in total. The molecule has 1 aliphatic rings. The molecule has 0 bridgehead atoms. The van der Waals surface area contributed by atoms with Crippen molar-refractivity contribution in [2.75, 3.05) is 26.3 Å². The SMILES string of the molecule is Cn1ccc2cc(CC3COCCN(Cc4cscn4)C3)ccc21. The number of benzene rings is 1. The van der Waals surface area contributed by atoms with Crippen LogP contribution in [0.5, 0.6) is 0 Å². The summed E-state index contributed by atoms with van der Waals surface area (Å²) in [6.07, 6.45) is 3.19. The van der Waals surface area contributed by atoms with Gasteiger partial charge in [0.15, 0.2) is 0 Å². The van der Waals surface area contributed by atoms with Crippen molar-refractivity contribution >= 4 is 22.2 Å². The molecule has 0 amide bonds. The second-order valence-corrected chi connectivity index (χ2v) is 7.40. The van der Waals surface area contributed by atoms with Crippen LogP contribution in [-0.4, -0.2) is 40.8 Å². The first kappa shape index (κ1) is 15.8. The van der Waals surface area contributed by atoms with Gasteiger partial charge in [-0.1, -0.05) is 6.07 Å². The van der Waals surface area contributed by atoms with Crippen molar-refractivity contribution in [2.45, 2.75) is 13.0 Å². The quantitative estimate of drug-likeness (QED) is 0.729. The van der Waals surface area contributed by atoms with Crippen molar-refractivity contribution in [3.63, 3.8) is 0 Å². The standard InChI is InChI=1S/C19H23N3OS/c1-21-5-4-17-9-15(2-3-19(17)21)8-16-10-22(6-7-23-12-16)11-18-13-24-14-20-18/h2-5,9,13-14,16H,6-8,10-12H2,1H3. The zero-order valence-corrected chi connectivity index (χ0v) is 14.8. The maximum atomic E-state index is 5.86. The average Bonchev–Trinajstić information content (AvgIpc) is 3.15. The molecule has 0 spiro atoms. The van der Waals surface area contributed by atoms with E-state index in [1.807, 2.05) is 5.51 Å². The molecule has 1 fully saturated rings. The van der Waals surface area contributed by atoms with Gasteiger partial charge in [0.25, 0.3) is 0 Å². The maximum absolute atomic E-state index is 5.86. The number of thiazole rings is 1. The van der Waals surface area contributed by atoms with E-state index in [0.717, 1.165) is 39.3 Å². The Kier molecular flexibility index (Phi) is 4.65. The fourth-order valence-electron chi connectivity index (χ4n) is 3.56. The average molecular weight is 341 g/mol. The van der Waals surface area contributed by atoms with Gasteiger partial charge in [-0.15, -0.1) is 11.3 Å². The highest BCUT2D eigenvalue weighted by Crippen LogP contribution is 2.21. The molecule has 4 rings (SSSR count). The number of hydrogen-bond acceptors (Lipinski definition) is 4. The van der Waals surface area contributed by atoms with Crippen LogP contribution < -0.4 is 0 Å². The van der Waals surface area contributed by atoms with Crippen LogP contribution >= 0.6 is 11.3 Å². The van der Waals surface area contributed by atoms with Gasteiger partial charge in [-0.2, -0.15) is 0 Å². The van der Waals surface area contributed by atoms with Crippen LogP contribution in [0.1, 0.15) is 11.3 Å². The minimum Gasteiger partial charge on any atom is -0.380 e. The van der Waals surface area contributed by atoms with Gasteiger partial charge in [-0.25, -0.2) is 4.98 Å². The normalized spacial score (nSPS) is 19.6. The van der Waals surface area contributed by atoms with Gasteiger partial charge < -0.3 is 9.30 Å². The highest BCUT2D eigenvalue weighted by molar-refractivity contribution is 7.07. The van der Waals surface area contributed by atoms with E-state index < -0.39 is 0 Å². The zero-order valence-electron chi connectivity index (χ0n) is 14.0. The first-order chi connectivity index (χ1) is 11.8. The number of aryl methyl sites for hydroxylation is 1. The molecule has 1 atom stereocenters. The molecular formula is C19H23N3OS.